The fourth-order valence-corrected chi connectivity index (χ4v) is 1.70. The Hall–Kier alpha value is -0.610. The molecule has 2 N–H and O–H groups in total. The summed E-state index contributed by atoms with van der Waals surface area (Å²) in [7, 11) is 0. The third kappa shape index (κ3) is 4.62. The van der Waals surface area contributed by atoms with Crippen LogP contribution in [0.5, 0.6) is 0 Å². The van der Waals surface area contributed by atoms with E-state index in [0.29, 0.717) is 6.54 Å². The second-order valence-electron chi connectivity index (χ2n) is 4.73. The molecule has 1 aliphatic heterocycles. The van der Waals surface area contributed by atoms with Gasteiger partial charge in [-0.25, -0.2) is 0 Å². The molecule has 1 fully saturated rings. The van der Waals surface area contributed by atoms with Crippen LogP contribution in [-0.2, 0) is 9.53 Å². The monoisotopic (exact) mass is 214 g/mol. The van der Waals surface area contributed by atoms with E-state index in [1.165, 1.54) is 6.42 Å². The van der Waals surface area contributed by atoms with Crippen molar-refractivity contribution in [3.63, 3.8) is 0 Å². The minimum atomic E-state index is -0.0291. The molecule has 1 rings (SSSR count). The molecule has 0 radical (unpaired) electrons. The van der Waals surface area contributed by atoms with Gasteiger partial charge in [0, 0.05) is 12.1 Å². The molecule has 0 spiro atoms. The molecule has 0 aromatic carbocycles. The van der Waals surface area contributed by atoms with E-state index < -0.39 is 0 Å². The van der Waals surface area contributed by atoms with E-state index in [2.05, 4.69) is 17.6 Å². The summed E-state index contributed by atoms with van der Waals surface area (Å²) in [5.41, 5.74) is 0.0769. The third-order valence-corrected chi connectivity index (χ3v) is 2.68. The highest BCUT2D eigenvalue weighted by Gasteiger charge is 2.28. The van der Waals surface area contributed by atoms with Crippen molar-refractivity contribution in [3.05, 3.63) is 0 Å². The molecule has 4 heteroatoms. The largest absolute Gasteiger partial charge is 0.369 e. The first-order valence-corrected chi connectivity index (χ1v) is 5.65. The zero-order valence-corrected chi connectivity index (χ0v) is 9.93. The number of carbonyl (C=O) groups excluding carboxylic acids is 1. The number of hydrogen-bond donors (Lipinski definition) is 2. The fraction of sp³-hybridized carbons (Fsp3) is 0.909. The van der Waals surface area contributed by atoms with Crippen molar-refractivity contribution in [1.29, 1.82) is 0 Å². The predicted octanol–water partition coefficient (Wildman–Crippen LogP) is 0.670. The molecule has 0 bridgehead atoms. The molecular formula is C11H22N2O2. The summed E-state index contributed by atoms with van der Waals surface area (Å²) < 4.78 is 5.22. The zero-order valence-electron chi connectivity index (χ0n) is 9.93. The second kappa shape index (κ2) is 5.47. The van der Waals surface area contributed by atoms with Crippen LogP contribution in [0.1, 0.15) is 33.6 Å². The number of rotatable bonds is 5. The van der Waals surface area contributed by atoms with Gasteiger partial charge < -0.3 is 15.4 Å². The molecule has 1 unspecified atom stereocenters. The lowest BCUT2D eigenvalue weighted by atomic mass is 10.0. The number of carbonyl (C=O) groups is 1. The van der Waals surface area contributed by atoms with Crippen LogP contribution in [0, 0.1) is 0 Å². The highest BCUT2D eigenvalue weighted by Crippen LogP contribution is 2.16. The molecule has 1 atom stereocenters. The van der Waals surface area contributed by atoms with E-state index in [9.17, 15) is 4.79 Å². The van der Waals surface area contributed by atoms with E-state index in [4.69, 9.17) is 4.74 Å². The normalized spacial score (nSPS) is 25.9. The second-order valence-corrected chi connectivity index (χ2v) is 4.73. The van der Waals surface area contributed by atoms with Gasteiger partial charge in [0.1, 0.15) is 6.61 Å². The number of ether oxygens (including phenoxy) is 1. The summed E-state index contributed by atoms with van der Waals surface area (Å²) in [4.78, 5) is 11.4. The fourth-order valence-electron chi connectivity index (χ4n) is 1.70. The van der Waals surface area contributed by atoms with Crippen LogP contribution in [0.15, 0.2) is 0 Å². The Labute approximate surface area is 91.8 Å². The SMILES string of the molecule is CC(C)OCC(=O)NCC1(C)CCCN1. The molecule has 15 heavy (non-hydrogen) atoms. The van der Waals surface area contributed by atoms with Crippen LogP contribution in [0.3, 0.4) is 0 Å². The molecule has 1 aliphatic rings. The van der Waals surface area contributed by atoms with Gasteiger partial charge in [0.25, 0.3) is 0 Å². The molecule has 0 saturated carbocycles. The first kappa shape index (κ1) is 12.5. The average Bonchev–Trinajstić information content (AvgIpc) is 2.60. The van der Waals surface area contributed by atoms with E-state index in [0.717, 1.165) is 13.0 Å². The van der Waals surface area contributed by atoms with Gasteiger partial charge in [-0.2, -0.15) is 0 Å². The van der Waals surface area contributed by atoms with Gasteiger partial charge in [-0.15, -0.1) is 0 Å². The Balaban J connectivity index is 2.16. The Morgan fingerprint density at radius 3 is 2.87 bits per heavy atom. The molecular weight excluding hydrogens is 192 g/mol. The van der Waals surface area contributed by atoms with Crippen molar-refractivity contribution in [1.82, 2.24) is 10.6 Å². The van der Waals surface area contributed by atoms with Gasteiger partial charge in [0.05, 0.1) is 6.10 Å². The number of hydrogen-bond acceptors (Lipinski definition) is 3. The first-order valence-electron chi connectivity index (χ1n) is 5.65. The van der Waals surface area contributed by atoms with Crippen LogP contribution in [0.25, 0.3) is 0 Å². The van der Waals surface area contributed by atoms with Crippen LogP contribution >= 0.6 is 0 Å². The van der Waals surface area contributed by atoms with Crippen molar-refractivity contribution >= 4 is 5.91 Å². The Morgan fingerprint density at radius 2 is 2.33 bits per heavy atom. The van der Waals surface area contributed by atoms with Gasteiger partial charge in [0.15, 0.2) is 0 Å². The lowest BCUT2D eigenvalue weighted by molar-refractivity contribution is -0.127. The molecule has 0 aliphatic carbocycles. The highest BCUT2D eigenvalue weighted by molar-refractivity contribution is 5.77. The van der Waals surface area contributed by atoms with Crippen LogP contribution in [-0.4, -0.2) is 37.2 Å². The Morgan fingerprint density at radius 1 is 1.60 bits per heavy atom. The maximum atomic E-state index is 11.4. The van der Waals surface area contributed by atoms with Crippen molar-refractivity contribution in [3.8, 4) is 0 Å². The maximum absolute atomic E-state index is 11.4. The molecule has 0 aromatic heterocycles. The standard InChI is InChI=1S/C11H22N2O2/c1-9(2)15-7-10(14)12-8-11(3)5-4-6-13-11/h9,13H,4-8H2,1-3H3,(H,12,14). The summed E-state index contributed by atoms with van der Waals surface area (Å²) in [6.45, 7) is 7.89. The zero-order chi connectivity index (χ0) is 11.3. The summed E-state index contributed by atoms with van der Waals surface area (Å²) in [5, 5.41) is 6.29. The van der Waals surface area contributed by atoms with Crippen LogP contribution in [0.4, 0.5) is 0 Å². The Bertz CT molecular complexity index is 211. The molecule has 1 amide bonds. The van der Waals surface area contributed by atoms with Gasteiger partial charge in [0.2, 0.25) is 5.91 Å². The third-order valence-electron chi connectivity index (χ3n) is 2.68. The van der Waals surface area contributed by atoms with Crippen LogP contribution < -0.4 is 10.6 Å². The first-order chi connectivity index (χ1) is 7.02. The minimum absolute atomic E-state index is 0.0291. The highest BCUT2D eigenvalue weighted by atomic mass is 16.5. The lowest BCUT2D eigenvalue weighted by Crippen LogP contribution is -2.48. The summed E-state index contributed by atoms with van der Waals surface area (Å²) in [6, 6.07) is 0. The predicted molar refractivity (Wildman–Crippen MR) is 59.7 cm³/mol. The quantitative estimate of drug-likeness (QED) is 0.707. The average molecular weight is 214 g/mol. The van der Waals surface area contributed by atoms with Crippen molar-refractivity contribution in [2.75, 3.05) is 19.7 Å². The molecule has 88 valence electrons. The van der Waals surface area contributed by atoms with Gasteiger partial charge >= 0.3 is 0 Å². The van der Waals surface area contributed by atoms with E-state index >= 15 is 0 Å². The number of nitrogens with one attached hydrogen (secondary N) is 2. The summed E-state index contributed by atoms with van der Waals surface area (Å²) in [6.07, 6.45) is 2.42. The molecule has 0 aromatic rings. The molecule has 1 saturated heterocycles. The lowest BCUT2D eigenvalue weighted by Gasteiger charge is -2.24. The van der Waals surface area contributed by atoms with Gasteiger partial charge in [-0.1, -0.05) is 0 Å². The smallest absolute Gasteiger partial charge is 0.246 e. The summed E-state index contributed by atoms with van der Waals surface area (Å²) >= 11 is 0. The van der Waals surface area contributed by atoms with Crippen molar-refractivity contribution in [2.24, 2.45) is 0 Å². The van der Waals surface area contributed by atoms with Crippen molar-refractivity contribution in [2.45, 2.75) is 45.3 Å². The summed E-state index contributed by atoms with van der Waals surface area (Å²) in [5.74, 6) is -0.0291. The molecule has 4 nitrogen and oxygen atoms in total. The Kier molecular flexibility index (Phi) is 4.54. The van der Waals surface area contributed by atoms with Crippen LogP contribution in [0.2, 0.25) is 0 Å². The van der Waals surface area contributed by atoms with E-state index in [-0.39, 0.29) is 24.2 Å². The molecule has 1 heterocycles. The number of amides is 1. The maximum Gasteiger partial charge on any atom is 0.246 e. The van der Waals surface area contributed by atoms with E-state index in [1.54, 1.807) is 0 Å². The van der Waals surface area contributed by atoms with Gasteiger partial charge in [-0.3, -0.25) is 4.79 Å². The minimum Gasteiger partial charge on any atom is -0.369 e. The van der Waals surface area contributed by atoms with Crippen molar-refractivity contribution < 1.29 is 9.53 Å². The van der Waals surface area contributed by atoms with E-state index in [1.807, 2.05) is 13.8 Å². The topological polar surface area (TPSA) is 50.4 Å². The van der Waals surface area contributed by atoms with Gasteiger partial charge in [-0.05, 0) is 40.2 Å².